The average molecular weight is 358 g/mol. The molecule has 6 nitrogen and oxygen atoms in total. The summed E-state index contributed by atoms with van der Waals surface area (Å²) in [6, 6.07) is 9.68. The Bertz CT molecular complexity index is 756. The number of nitrogens with zero attached hydrogens (tertiary/aromatic N) is 2. The van der Waals surface area contributed by atoms with Gasteiger partial charge in [0, 0.05) is 18.8 Å². The minimum absolute atomic E-state index is 0.421. The normalized spacial score (nSPS) is 12.1. The third kappa shape index (κ3) is 5.46. The van der Waals surface area contributed by atoms with Crippen molar-refractivity contribution in [1.29, 1.82) is 0 Å². The fraction of sp³-hybridized carbons (Fsp3) is 0.400. The summed E-state index contributed by atoms with van der Waals surface area (Å²) in [7, 11) is 3.57. The molecule has 1 aromatic carbocycles. The van der Waals surface area contributed by atoms with Crippen LogP contribution < -0.4 is 9.47 Å². The monoisotopic (exact) mass is 358 g/mol. The minimum Gasteiger partial charge on any atom is -0.493 e. The Kier molecular flexibility index (Phi) is 6.58. The lowest BCUT2D eigenvalue weighted by molar-refractivity contribution is -0.144. The van der Waals surface area contributed by atoms with Crippen LogP contribution in [0.4, 0.5) is 0 Å². The molecule has 0 aliphatic rings. The molecule has 2 aromatic rings. The minimum atomic E-state index is -1.02. The van der Waals surface area contributed by atoms with Crippen LogP contribution in [0.5, 0.6) is 11.5 Å². The van der Waals surface area contributed by atoms with Gasteiger partial charge in [0.05, 0.1) is 12.8 Å². The molecule has 2 rings (SSSR count). The number of aromatic nitrogens is 1. The van der Waals surface area contributed by atoms with Crippen LogP contribution in [-0.2, 0) is 17.9 Å². The second-order valence-electron chi connectivity index (χ2n) is 6.53. The van der Waals surface area contributed by atoms with E-state index in [1.54, 1.807) is 13.2 Å². The van der Waals surface area contributed by atoms with Crippen molar-refractivity contribution in [3.05, 3.63) is 52.8 Å². The number of benzene rings is 1. The predicted molar refractivity (Wildman–Crippen MR) is 99.6 cm³/mol. The van der Waals surface area contributed by atoms with Gasteiger partial charge in [-0.2, -0.15) is 0 Å². The highest BCUT2D eigenvalue weighted by Gasteiger charge is 2.16. The largest absolute Gasteiger partial charge is 0.493 e. The summed E-state index contributed by atoms with van der Waals surface area (Å²) in [6.07, 6.45) is -0.937. The van der Waals surface area contributed by atoms with Crippen molar-refractivity contribution < 1.29 is 19.4 Å². The van der Waals surface area contributed by atoms with Gasteiger partial charge in [0.2, 0.25) is 0 Å². The number of hydrogen-bond donors (Lipinski definition) is 1. The first-order valence-electron chi connectivity index (χ1n) is 8.47. The van der Waals surface area contributed by atoms with Gasteiger partial charge in [-0.25, -0.2) is 4.79 Å². The summed E-state index contributed by atoms with van der Waals surface area (Å²) < 4.78 is 10.8. The van der Waals surface area contributed by atoms with Crippen molar-refractivity contribution in [3.63, 3.8) is 0 Å². The van der Waals surface area contributed by atoms with E-state index >= 15 is 0 Å². The zero-order valence-corrected chi connectivity index (χ0v) is 15.9. The third-order valence-corrected chi connectivity index (χ3v) is 3.91. The van der Waals surface area contributed by atoms with Crippen molar-refractivity contribution >= 4 is 5.97 Å². The number of carbonyl (C=O) groups is 1. The van der Waals surface area contributed by atoms with E-state index in [4.69, 9.17) is 14.6 Å². The number of rotatable bonds is 8. The second kappa shape index (κ2) is 8.67. The SMILES string of the molecule is COc1cc(CN(C)Cc2cc(C)cc(C)n2)ccc1O[C@H](C)C(=O)O. The van der Waals surface area contributed by atoms with E-state index in [0.717, 1.165) is 23.5 Å². The van der Waals surface area contributed by atoms with Gasteiger partial charge < -0.3 is 14.6 Å². The molecule has 0 aliphatic heterocycles. The quantitative estimate of drug-likeness (QED) is 0.781. The Hall–Kier alpha value is -2.60. The first-order chi connectivity index (χ1) is 12.3. The van der Waals surface area contributed by atoms with E-state index in [-0.39, 0.29) is 0 Å². The lowest BCUT2D eigenvalue weighted by Gasteiger charge is -2.19. The van der Waals surface area contributed by atoms with Crippen molar-refractivity contribution in [2.24, 2.45) is 0 Å². The molecule has 0 amide bonds. The molecular formula is C20H26N2O4. The fourth-order valence-electron chi connectivity index (χ4n) is 2.80. The maximum absolute atomic E-state index is 11.0. The molecule has 140 valence electrons. The van der Waals surface area contributed by atoms with Crippen LogP contribution in [0.2, 0.25) is 0 Å². The van der Waals surface area contributed by atoms with Crippen LogP contribution in [0, 0.1) is 13.8 Å². The molecule has 0 aliphatic carbocycles. The van der Waals surface area contributed by atoms with Gasteiger partial charge in [0.15, 0.2) is 17.6 Å². The highest BCUT2D eigenvalue weighted by molar-refractivity contribution is 5.72. The van der Waals surface area contributed by atoms with Gasteiger partial charge in [-0.05, 0) is 63.2 Å². The van der Waals surface area contributed by atoms with Gasteiger partial charge in [-0.15, -0.1) is 0 Å². The summed E-state index contributed by atoms with van der Waals surface area (Å²) in [6.45, 7) is 7.00. The molecule has 26 heavy (non-hydrogen) atoms. The molecule has 1 aromatic heterocycles. The molecule has 0 saturated carbocycles. The highest BCUT2D eigenvalue weighted by atomic mass is 16.5. The van der Waals surface area contributed by atoms with Crippen molar-refractivity contribution in [3.8, 4) is 11.5 Å². The van der Waals surface area contributed by atoms with Gasteiger partial charge >= 0.3 is 5.97 Å². The summed E-state index contributed by atoms with van der Waals surface area (Å²) in [5.74, 6) is -0.0740. The molecule has 0 spiro atoms. The first-order valence-corrected chi connectivity index (χ1v) is 8.47. The number of pyridine rings is 1. The number of hydrogen-bond acceptors (Lipinski definition) is 5. The Morgan fingerprint density at radius 1 is 1.19 bits per heavy atom. The Labute approximate surface area is 154 Å². The average Bonchev–Trinajstić information content (AvgIpc) is 2.54. The second-order valence-corrected chi connectivity index (χ2v) is 6.53. The molecule has 1 heterocycles. The van der Waals surface area contributed by atoms with Crippen LogP contribution in [-0.4, -0.2) is 41.2 Å². The van der Waals surface area contributed by atoms with Gasteiger partial charge in [0.1, 0.15) is 0 Å². The molecule has 0 unspecified atom stereocenters. The smallest absolute Gasteiger partial charge is 0.344 e. The molecule has 0 bridgehead atoms. The summed E-state index contributed by atoms with van der Waals surface area (Å²) in [5.41, 5.74) is 4.30. The number of carboxylic acids is 1. The Balaban J connectivity index is 2.07. The zero-order chi connectivity index (χ0) is 19.3. The predicted octanol–water partition coefficient (Wildman–Crippen LogP) is 3.19. The highest BCUT2D eigenvalue weighted by Crippen LogP contribution is 2.29. The van der Waals surface area contributed by atoms with E-state index < -0.39 is 12.1 Å². The number of aliphatic carboxylic acids is 1. The fourth-order valence-corrected chi connectivity index (χ4v) is 2.80. The molecule has 6 heteroatoms. The number of carboxylic acid groups (broad SMARTS) is 1. The van der Waals surface area contributed by atoms with Gasteiger partial charge in [-0.1, -0.05) is 6.07 Å². The Morgan fingerprint density at radius 2 is 1.92 bits per heavy atom. The molecule has 1 atom stereocenters. The number of aryl methyl sites for hydroxylation is 2. The van der Waals surface area contributed by atoms with Gasteiger partial charge in [-0.3, -0.25) is 9.88 Å². The van der Waals surface area contributed by atoms with E-state index in [9.17, 15) is 4.79 Å². The van der Waals surface area contributed by atoms with E-state index in [1.165, 1.54) is 12.5 Å². The van der Waals surface area contributed by atoms with E-state index in [2.05, 4.69) is 28.9 Å². The third-order valence-electron chi connectivity index (χ3n) is 3.91. The number of methoxy groups -OCH3 is 1. The van der Waals surface area contributed by atoms with Crippen LogP contribution in [0.1, 0.15) is 29.4 Å². The van der Waals surface area contributed by atoms with Crippen LogP contribution in [0.3, 0.4) is 0 Å². The van der Waals surface area contributed by atoms with Gasteiger partial charge in [0.25, 0.3) is 0 Å². The van der Waals surface area contributed by atoms with Crippen molar-refractivity contribution in [2.45, 2.75) is 40.0 Å². The lowest BCUT2D eigenvalue weighted by Crippen LogP contribution is -2.23. The topological polar surface area (TPSA) is 71.9 Å². The maximum Gasteiger partial charge on any atom is 0.344 e. The Morgan fingerprint density at radius 3 is 2.54 bits per heavy atom. The van der Waals surface area contributed by atoms with E-state index in [0.29, 0.717) is 18.0 Å². The van der Waals surface area contributed by atoms with Crippen molar-refractivity contribution in [2.75, 3.05) is 14.2 Å². The summed E-state index contributed by atoms with van der Waals surface area (Å²) in [4.78, 5) is 17.7. The molecule has 0 saturated heterocycles. The lowest BCUT2D eigenvalue weighted by atomic mass is 10.1. The molecule has 0 radical (unpaired) electrons. The van der Waals surface area contributed by atoms with Crippen LogP contribution >= 0.6 is 0 Å². The summed E-state index contributed by atoms with van der Waals surface area (Å²) >= 11 is 0. The van der Waals surface area contributed by atoms with Crippen molar-refractivity contribution in [1.82, 2.24) is 9.88 Å². The summed E-state index contributed by atoms with van der Waals surface area (Å²) in [5, 5.41) is 8.98. The maximum atomic E-state index is 11.0. The van der Waals surface area contributed by atoms with Crippen LogP contribution in [0.15, 0.2) is 30.3 Å². The zero-order valence-electron chi connectivity index (χ0n) is 15.9. The molecular weight excluding hydrogens is 332 g/mol. The van der Waals surface area contributed by atoms with E-state index in [1.807, 2.05) is 26.1 Å². The number of ether oxygens (including phenoxy) is 2. The molecule has 1 N–H and O–H groups in total. The standard InChI is InChI=1S/C20H26N2O4/c1-13-8-14(2)21-17(9-13)12-22(4)11-16-6-7-18(19(10-16)25-5)26-15(3)20(23)24/h6-10,15H,11-12H2,1-5H3,(H,23,24)/t15-/m1/s1. The molecule has 0 fully saturated rings. The van der Waals surface area contributed by atoms with Crippen LogP contribution in [0.25, 0.3) is 0 Å². The first kappa shape index (κ1) is 19.7.